The van der Waals surface area contributed by atoms with Gasteiger partial charge >= 0.3 is 5.69 Å². The van der Waals surface area contributed by atoms with Gasteiger partial charge in [-0.1, -0.05) is 12.1 Å². The predicted octanol–water partition coefficient (Wildman–Crippen LogP) is 2.62. The summed E-state index contributed by atoms with van der Waals surface area (Å²) in [6, 6.07) is 4.65. The second-order valence-electron chi connectivity index (χ2n) is 2.01. The van der Waals surface area contributed by atoms with Gasteiger partial charge in [-0.05, 0) is 12.5 Å². The fraction of sp³-hybridized carbons (Fsp3) is 0.143. The first-order valence-corrected chi connectivity index (χ1v) is 2.86. The molecule has 10 heavy (non-hydrogen) atoms. The molecule has 0 amide bonds. The van der Waals surface area contributed by atoms with Crippen molar-refractivity contribution in [2.45, 2.75) is 6.92 Å². The van der Waals surface area contributed by atoms with Crippen molar-refractivity contribution in [2.75, 3.05) is 0 Å². The third-order valence-corrected chi connectivity index (χ3v) is 1.28. The highest BCUT2D eigenvalue weighted by molar-refractivity contribution is 5.47. The lowest BCUT2D eigenvalue weighted by Crippen LogP contribution is -1.78. The number of hydrogen-bond donors (Lipinski definition) is 0. The van der Waals surface area contributed by atoms with Crippen LogP contribution in [0.15, 0.2) is 18.2 Å². The first-order valence-electron chi connectivity index (χ1n) is 2.86. The van der Waals surface area contributed by atoms with E-state index >= 15 is 0 Å². The summed E-state index contributed by atoms with van der Waals surface area (Å²) in [7, 11) is 0. The van der Waals surface area contributed by atoms with Gasteiger partial charge in [0.2, 0.25) is 11.2 Å². The summed E-state index contributed by atoms with van der Waals surface area (Å²) in [5.41, 5.74) is 0.468. The molecule has 0 atom stereocenters. The topological polar surface area (TPSA) is 28.1 Å². The minimum atomic E-state index is -0.468. The van der Waals surface area contributed by atoms with Gasteiger partial charge in [-0.15, -0.1) is 0 Å². The predicted molar refractivity (Wildman–Crippen MR) is 35.9 cm³/mol. The molecule has 0 N–H and O–H groups in total. The number of nitrogens with zero attached hydrogens (tertiary/aromatic N) is 2. The molecule has 0 unspecified atom stereocenters. The monoisotopic (exact) mass is 137 g/mol. The van der Waals surface area contributed by atoms with Crippen molar-refractivity contribution in [1.82, 2.24) is 0 Å². The fourth-order valence-corrected chi connectivity index (χ4v) is 0.709. The third kappa shape index (κ3) is 0.960. The van der Waals surface area contributed by atoms with Gasteiger partial charge in [-0.2, -0.15) is 4.39 Å². The van der Waals surface area contributed by atoms with Crippen LogP contribution in [0.5, 0.6) is 0 Å². The Morgan fingerprint density at radius 2 is 2.20 bits per heavy atom. The highest BCUT2D eigenvalue weighted by Crippen LogP contribution is 2.19. The number of hydrogen-bond acceptors (Lipinski definition) is 1. The third-order valence-electron chi connectivity index (χ3n) is 1.28. The molecule has 0 radical (unpaired) electrons. The molecule has 0 saturated carbocycles. The maximum absolute atomic E-state index is 12.7. The van der Waals surface area contributed by atoms with Crippen molar-refractivity contribution in [3.63, 3.8) is 0 Å². The molecule has 2 nitrogen and oxygen atoms in total. The quantitative estimate of drug-likeness (QED) is 0.505. The zero-order valence-electron chi connectivity index (χ0n) is 5.50. The van der Waals surface area contributed by atoms with Crippen LogP contribution in [0.4, 0.5) is 10.1 Å². The van der Waals surface area contributed by atoms with Crippen molar-refractivity contribution < 1.29 is 4.39 Å². The molecule has 0 spiro atoms. The molecule has 1 aromatic rings. The van der Waals surface area contributed by atoms with E-state index in [2.05, 4.69) is 4.98 Å². The second kappa shape index (κ2) is 2.44. The molecular weight excluding hydrogens is 131 g/mol. The van der Waals surface area contributed by atoms with E-state index in [0.717, 1.165) is 0 Å². The van der Waals surface area contributed by atoms with E-state index in [-0.39, 0.29) is 5.69 Å². The normalized spacial score (nSPS) is 8.90. The smallest absolute Gasteiger partial charge is 0.198 e. The molecule has 0 bridgehead atoms. The van der Waals surface area contributed by atoms with Crippen LogP contribution in [0.2, 0.25) is 0 Å². The molecular formula is C7H6FN2+. The van der Waals surface area contributed by atoms with Crippen LogP contribution >= 0.6 is 0 Å². The summed E-state index contributed by atoms with van der Waals surface area (Å²) in [4.78, 5) is 2.76. The van der Waals surface area contributed by atoms with Crippen LogP contribution in [-0.4, -0.2) is 0 Å². The van der Waals surface area contributed by atoms with E-state index in [4.69, 9.17) is 5.39 Å². The Balaban J connectivity index is 3.31. The molecule has 0 saturated heterocycles. The Morgan fingerprint density at radius 3 is 2.70 bits per heavy atom. The molecule has 3 heteroatoms. The van der Waals surface area contributed by atoms with E-state index in [1.54, 1.807) is 19.1 Å². The van der Waals surface area contributed by atoms with E-state index in [9.17, 15) is 4.39 Å². The fourth-order valence-electron chi connectivity index (χ4n) is 0.709. The summed E-state index contributed by atoms with van der Waals surface area (Å²) in [6.45, 7) is 1.62. The van der Waals surface area contributed by atoms with Crippen LogP contribution < -0.4 is 0 Å². The summed E-state index contributed by atoms with van der Waals surface area (Å²) >= 11 is 0. The number of rotatable bonds is 0. The van der Waals surface area contributed by atoms with Gasteiger partial charge in [0.05, 0.1) is 0 Å². The van der Waals surface area contributed by atoms with Crippen LogP contribution in [0.3, 0.4) is 0 Å². The van der Waals surface area contributed by atoms with Crippen LogP contribution in [0.1, 0.15) is 5.56 Å². The van der Waals surface area contributed by atoms with Gasteiger partial charge in [0.25, 0.3) is 0 Å². The lowest BCUT2D eigenvalue weighted by atomic mass is 10.2. The number of aryl methyl sites for hydroxylation is 1. The molecule has 0 aliphatic heterocycles. The minimum absolute atomic E-state index is 0.0139. The van der Waals surface area contributed by atoms with E-state index < -0.39 is 5.82 Å². The van der Waals surface area contributed by atoms with Crippen molar-refractivity contribution in [2.24, 2.45) is 0 Å². The lowest BCUT2D eigenvalue weighted by molar-refractivity contribution is 0.624. The van der Waals surface area contributed by atoms with Crippen molar-refractivity contribution in [3.8, 4) is 0 Å². The maximum Gasteiger partial charge on any atom is 0.420 e. The lowest BCUT2D eigenvalue weighted by Gasteiger charge is -1.87. The second-order valence-corrected chi connectivity index (χ2v) is 2.01. The Bertz CT molecular complexity index is 288. The van der Waals surface area contributed by atoms with Crippen molar-refractivity contribution >= 4 is 5.69 Å². The first kappa shape index (κ1) is 6.69. The van der Waals surface area contributed by atoms with Gasteiger partial charge in [0, 0.05) is 6.07 Å². The van der Waals surface area contributed by atoms with Gasteiger partial charge in [-0.25, -0.2) is 0 Å². The van der Waals surface area contributed by atoms with Crippen LogP contribution in [0, 0.1) is 18.1 Å². The van der Waals surface area contributed by atoms with Crippen molar-refractivity contribution in [3.05, 3.63) is 34.6 Å². The molecule has 0 heterocycles. The molecule has 0 aromatic heterocycles. The van der Waals surface area contributed by atoms with E-state index in [1.165, 1.54) is 6.07 Å². The first-order chi connectivity index (χ1) is 4.75. The summed E-state index contributed by atoms with van der Waals surface area (Å²) in [5, 5.41) is 8.23. The van der Waals surface area contributed by atoms with Crippen LogP contribution in [0.25, 0.3) is 4.98 Å². The minimum Gasteiger partial charge on any atom is -0.198 e. The molecule has 0 fully saturated rings. The SMILES string of the molecule is Cc1cccc([N+]#N)c1F. The zero-order chi connectivity index (χ0) is 7.56. The summed E-state index contributed by atoms with van der Waals surface area (Å²) < 4.78 is 12.7. The summed E-state index contributed by atoms with van der Waals surface area (Å²) in [5.74, 6) is -0.468. The highest BCUT2D eigenvalue weighted by atomic mass is 19.1. The number of diazo groups is 1. The Labute approximate surface area is 57.9 Å². The van der Waals surface area contributed by atoms with E-state index in [0.29, 0.717) is 5.56 Å². The Hall–Kier alpha value is -1.43. The van der Waals surface area contributed by atoms with Gasteiger partial charge in [0.15, 0.2) is 4.98 Å². The molecule has 1 rings (SSSR count). The standard InChI is InChI=1S/C7H6FN2/c1-5-3-2-4-6(10-9)7(5)8/h2-4H,1H3/q+1. The Kier molecular flexibility index (Phi) is 1.63. The number of benzene rings is 1. The molecule has 1 aromatic carbocycles. The molecule has 0 aliphatic carbocycles. The summed E-state index contributed by atoms with van der Waals surface area (Å²) in [6.07, 6.45) is 0. The molecule has 50 valence electrons. The maximum atomic E-state index is 12.7. The molecule has 0 aliphatic rings. The zero-order valence-corrected chi connectivity index (χ0v) is 5.50. The van der Waals surface area contributed by atoms with Gasteiger partial charge in [-0.3, -0.25) is 0 Å². The van der Waals surface area contributed by atoms with Gasteiger partial charge < -0.3 is 0 Å². The van der Waals surface area contributed by atoms with E-state index in [1.807, 2.05) is 0 Å². The average Bonchev–Trinajstić information content (AvgIpc) is 1.95. The van der Waals surface area contributed by atoms with Gasteiger partial charge in [0.1, 0.15) is 0 Å². The van der Waals surface area contributed by atoms with Crippen molar-refractivity contribution in [1.29, 1.82) is 5.39 Å². The largest absolute Gasteiger partial charge is 0.420 e. The number of halogens is 1. The van der Waals surface area contributed by atoms with Crippen LogP contribution in [-0.2, 0) is 0 Å². The highest BCUT2D eigenvalue weighted by Gasteiger charge is 2.13. The Morgan fingerprint density at radius 1 is 1.50 bits per heavy atom. The average molecular weight is 137 g/mol.